The van der Waals surface area contributed by atoms with E-state index in [1.165, 1.54) is 12.1 Å². The van der Waals surface area contributed by atoms with Crippen LogP contribution < -0.4 is 10.1 Å². The number of carbonyl (C=O) groups excluding carboxylic acids is 1. The summed E-state index contributed by atoms with van der Waals surface area (Å²) in [6.07, 6.45) is 2.30. The fourth-order valence-corrected chi connectivity index (χ4v) is 4.92. The van der Waals surface area contributed by atoms with E-state index in [9.17, 15) is 4.79 Å². The van der Waals surface area contributed by atoms with Crippen molar-refractivity contribution >= 4 is 5.91 Å². The van der Waals surface area contributed by atoms with Crippen LogP contribution in [0.25, 0.3) is 11.3 Å². The maximum Gasteiger partial charge on any atom is 0.246 e. The molecule has 0 saturated carbocycles. The van der Waals surface area contributed by atoms with E-state index in [0.29, 0.717) is 24.4 Å². The molecule has 1 aromatic heterocycles. The van der Waals surface area contributed by atoms with Crippen LogP contribution in [0, 0.1) is 5.92 Å². The number of carbonyl (C=O) groups is 1. The molecule has 0 spiro atoms. The molecule has 7 nitrogen and oxygen atoms in total. The molecule has 0 aliphatic carbocycles. The Balaban J connectivity index is 1.48. The quantitative estimate of drug-likeness (QED) is 0.773. The Bertz CT molecular complexity index is 865. The third kappa shape index (κ3) is 4.02. The highest BCUT2D eigenvalue weighted by Gasteiger charge is 2.41. The van der Waals surface area contributed by atoms with Gasteiger partial charge in [0.15, 0.2) is 0 Å². The molecule has 0 radical (unpaired) electrons. The lowest BCUT2D eigenvalue weighted by molar-refractivity contribution is -0.125. The maximum absolute atomic E-state index is 11.7. The summed E-state index contributed by atoms with van der Waals surface area (Å²) < 4.78 is 12.5. The lowest BCUT2D eigenvalue weighted by Crippen LogP contribution is -2.56. The van der Waals surface area contributed by atoms with Gasteiger partial charge in [0.2, 0.25) is 5.91 Å². The molecule has 2 aromatic rings. The monoisotopic (exact) mass is 398 g/mol. The molecule has 1 amide bonds. The van der Waals surface area contributed by atoms with Gasteiger partial charge in [-0.05, 0) is 43.5 Å². The Morgan fingerprint density at radius 1 is 1.31 bits per heavy atom. The summed E-state index contributed by atoms with van der Waals surface area (Å²) in [6.45, 7) is 2.94. The Hall–Kier alpha value is -2.38. The first kappa shape index (κ1) is 19.9. The highest BCUT2D eigenvalue weighted by atomic mass is 16.5. The number of aryl methyl sites for hydroxylation is 1. The van der Waals surface area contributed by atoms with Crippen LogP contribution in [-0.2, 0) is 16.6 Å². The average molecular weight is 399 g/mol. The number of rotatable bonds is 7. The Kier molecular flexibility index (Phi) is 5.87. The zero-order valence-electron chi connectivity index (χ0n) is 17.4. The smallest absolute Gasteiger partial charge is 0.246 e. The van der Waals surface area contributed by atoms with Crippen LogP contribution in [0.4, 0.5) is 0 Å². The van der Waals surface area contributed by atoms with Crippen LogP contribution in [0.15, 0.2) is 30.3 Å². The van der Waals surface area contributed by atoms with Crippen LogP contribution in [0.1, 0.15) is 24.5 Å². The predicted octanol–water partition coefficient (Wildman–Crippen LogP) is 2.04. The van der Waals surface area contributed by atoms with E-state index < -0.39 is 0 Å². The van der Waals surface area contributed by atoms with Crippen LogP contribution in [0.5, 0.6) is 5.75 Å². The number of para-hydroxylation sites is 1. The highest BCUT2D eigenvalue weighted by Crippen LogP contribution is 2.42. The van der Waals surface area contributed by atoms with E-state index in [-0.39, 0.29) is 12.5 Å². The second-order valence-corrected chi connectivity index (χ2v) is 8.06. The Morgan fingerprint density at radius 3 is 2.86 bits per heavy atom. The van der Waals surface area contributed by atoms with Gasteiger partial charge in [-0.25, -0.2) is 0 Å². The summed E-state index contributed by atoms with van der Waals surface area (Å²) in [5.74, 6) is 1.89. The van der Waals surface area contributed by atoms with Crippen LogP contribution in [0.3, 0.4) is 0 Å². The molecule has 1 N–H and O–H groups in total. The number of aromatic nitrogens is 2. The van der Waals surface area contributed by atoms with E-state index in [0.717, 1.165) is 36.5 Å². The number of nitrogens with zero attached hydrogens (tertiary/aromatic N) is 3. The summed E-state index contributed by atoms with van der Waals surface area (Å²) in [6, 6.07) is 10.7. The number of methoxy groups -OCH3 is 2. The van der Waals surface area contributed by atoms with Gasteiger partial charge < -0.3 is 14.8 Å². The highest BCUT2D eigenvalue weighted by molar-refractivity contribution is 5.77. The molecule has 4 atom stereocenters. The fourth-order valence-electron chi connectivity index (χ4n) is 4.92. The van der Waals surface area contributed by atoms with E-state index in [2.05, 4.69) is 22.3 Å². The summed E-state index contributed by atoms with van der Waals surface area (Å²) in [5.41, 5.74) is 3.26. The summed E-state index contributed by atoms with van der Waals surface area (Å²) in [7, 11) is 5.28. The van der Waals surface area contributed by atoms with Gasteiger partial charge in [-0.3, -0.25) is 14.4 Å². The topological polar surface area (TPSA) is 68.6 Å². The molecule has 3 aliphatic heterocycles. The third-order valence-corrected chi connectivity index (χ3v) is 6.37. The van der Waals surface area contributed by atoms with Crippen molar-refractivity contribution < 1.29 is 14.3 Å². The molecule has 29 heavy (non-hydrogen) atoms. The lowest BCUT2D eigenvalue weighted by Gasteiger charge is -2.50. The molecule has 5 rings (SSSR count). The number of ether oxygens (including phenoxy) is 2. The molecular formula is C22H30N4O3. The minimum atomic E-state index is -0.0419. The summed E-state index contributed by atoms with van der Waals surface area (Å²) in [4.78, 5) is 14.3. The summed E-state index contributed by atoms with van der Waals surface area (Å²) >= 11 is 0. The van der Waals surface area contributed by atoms with E-state index in [1.807, 2.05) is 29.9 Å². The minimum Gasteiger partial charge on any atom is -0.496 e. The number of benzene rings is 1. The molecule has 1 aromatic carbocycles. The number of fused-ring (bicyclic) bond motifs is 3. The average Bonchev–Trinajstić information content (AvgIpc) is 3.14. The first-order chi connectivity index (χ1) is 14.1. The third-order valence-electron chi connectivity index (χ3n) is 6.37. The molecule has 4 heterocycles. The van der Waals surface area contributed by atoms with Crippen molar-refractivity contribution in [3.8, 4) is 17.0 Å². The van der Waals surface area contributed by atoms with Crippen molar-refractivity contribution in [1.29, 1.82) is 0 Å². The van der Waals surface area contributed by atoms with Gasteiger partial charge in [-0.1, -0.05) is 12.1 Å². The SMILES string of the molecule is COCC(=O)NC[C@H]1C[C@@H]2CCN1C[C@@H]2c1cc(-c2ccccc2OC)nn1C. The van der Waals surface area contributed by atoms with Gasteiger partial charge in [0.1, 0.15) is 12.4 Å². The van der Waals surface area contributed by atoms with Gasteiger partial charge in [0.25, 0.3) is 0 Å². The van der Waals surface area contributed by atoms with Crippen LogP contribution in [0.2, 0.25) is 0 Å². The van der Waals surface area contributed by atoms with Gasteiger partial charge in [-0.2, -0.15) is 5.10 Å². The van der Waals surface area contributed by atoms with Crippen LogP contribution >= 0.6 is 0 Å². The largest absolute Gasteiger partial charge is 0.496 e. The van der Waals surface area contributed by atoms with Crippen molar-refractivity contribution in [3.05, 3.63) is 36.0 Å². The van der Waals surface area contributed by atoms with Crippen molar-refractivity contribution in [2.24, 2.45) is 13.0 Å². The number of hydrogen-bond acceptors (Lipinski definition) is 5. The second kappa shape index (κ2) is 8.55. The van der Waals surface area contributed by atoms with Gasteiger partial charge >= 0.3 is 0 Å². The van der Waals surface area contributed by atoms with E-state index in [1.54, 1.807) is 14.2 Å². The van der Waals surface area contributed by atoms with Gasteiger partial charge in [0.05, 0.1) is 12.8 Å². The molecule has 3 fully saturated rings. The second-order valence-electron chi connectivity index (χ2n) is 8.06. The number of hydrogen-bond donors (Lipinski definition) is 1. The fraction of sp³-hybridized carbons (Fsp3) is 0.545. The van der Waals surface area contributed by atoms with E-state index in [4.69, 9.17) is 14.6 Å². The minimum absolute atomic E-state index is 0.0419. The zero-order chi connectivity index (χ0) is 20.4. The lowest BCUT2D eigenvalue weighted by atomic mass is 9.74. The normalized spacial score (nSPS) is 25.8. The van der Waals surface area contributed by atoms with Crippen molar-refractivity contribution in [3.63, 3.8) is 0 Å². The first-order valence-corrected chi connectivity index (χ1v) is 10.3. The zero-order valence-corrected chi connectivity index (χ0v) is 17.4. The van der Waals surface area contributed by atoms with Crippen LogP contribution in [-0.4, -0.2) is 67.1 Å². The predicted molar refractivity (Wildman–Crippen MR) is 111 cm³/mol. The molecule has 3 saturated heterocycles. The van der Waals surface area contributed by atoms with Crippen molar-refractivity contribution in [2.75, 3.05) is 40.5 Å². The van der Waals surface area contributed by atoms with Gasteiger partial charge in [-0.15, -0.1) is 0 Å². The molecule has 3 aliphatic rings. The van der Waals surface area contributed by atoms with Crippen molar-refractivity contribution in [1.82, 2.24) is 20.0 Å². The number of nitrogens with one attached hydrogen (secondary N) is 1. The molecular weight excluding hydrogens is 368 g/mol. The molecule has 7 heteroatoms. The Morgan fingerprint density at radius 2 is 2.14 bits per heavy atom. The molecule has 2 bridgehead atoms. The standard InChI is InChI=1S/C22H30N4O3/c1-25-20(11-19(24-25)17-6-4-5-7-21(17)29-3)18-13-26-9-8-15(18)10-16(26)12-23-22(27)14-28-2/h4-7,11,15-16,18H,8-10,12-14H2,1-3H3,(H,23,27)/t15-,16+,18-/m0/s1. The van der Waals surface area contributed by atoms with E-state index >= 15 is 0 Å². The number of amides is 1. The van der Waals surface area contributed by atoms with Gasteiger partial charge in [0, 0.05) is 50.5 Å². The Labute approximate surface area is 172 Å². The molecule has 156 valence electrons. The summed E-state index contributed by atoms with van der Waals surface area (Å²) in [5, 5.41) is 7.80. The first-order valence-electron chi connectivity index (χ1n) is 10.3. The maximum atomic E-state index is 11.7. The number of piperidine rings is 3. The van der Waals surface area contributed by atoms with Crippen molar-refractivity contribution in [2.45, 2.75) is 24.8 Å². The molecule has 1 unspecified atom stereocenters.